The van der Waals surface area contributed by atoms with Gasteiger partial charge in [-0.25, -0.2) is 4.79 Å². The van der Waals surface area contributed by atoms with Gasteiger partial charge < -0.3 is 19.7 Å². The third-order valence-electron chi connectivity index (χ3n) is 4.56. The number of rotatable bonds is 8. The summed E-state index contributed by atoms with van der Waals surface area (Å²) in [5, 5.41) is 21.2. The second-order valence-electron chi connectivity index (χ2n) is 6.44. The third kappa shape index (κ3) is 4.29. The highest BCUT2D eigenvalue weighted by Gasteiger charge is 2.37. The van der Waals surface area contributed by atoms with Crippen molar-refractivity contribution in [2.75, 3.05) is 6.54 Å². The number of aromatic nitrogens is 1. The maximum atomic E-state index is 12.5. The van der Waals surface area contributed by atoms with Crippen LogP contribution in [0.2, 0.25) is 0 Å². The maximum Gasteiger partial charge on any atom is 0.326 e. The summed E-state index contributed by atoms with van der Waals surface area (Å²) in [5.41, 5.74) is 0.377. The first-order valence-electron chi connectivity index (χ1n) is 8.39. The lowest BCUT2D eigenvalue weighted by Gasteiger charge is -2.27. The summed E-state index contributed by atoms with van der Waals surface area (Å²) < 4.78 is 1.59. The number of aliphatic carboxylic acids is 2. The van der Waals surface area contributed by atoms with Crippen molar-refractivity contribution in [1.82, 2.24) is 14.8 Å². The maximum absolute atomic E-state index is 12.5. The van der Waals surface area contributed by atoms with E-state index in [1.165, 1.54) is 11.8 Å². The van der Waals surface area contributed by atoms with Gasteiger partial charge in [0.05, 0.1) is 11.7 Å². The Morgan fingerprint density at radius 3 is 2.54 bits per heavy atom. The first-order valence-corrected chi connectivity index (χ1v) is 8.39. The van der Waals surface area contributed by atoms with Crippen molar-refractivity contribution in [3.8, 4) is 0 Å². The highest BCUT2D eigenvalue weighted by atomic mass is 16.4. The van der Waals surface area contributed by atoms with E-state index in [4.69, 9.17) is 0 Å². The molecule has 0 radical (unpaired) electrons. The first kappa shape index (κ1) is 19.6. The lowest BCUT2D eigenvalue weighted by molar-refractivity contribution is -0.149. The van der Waals surface area contributed by atoms with Gasteiger partial charge in [-0.2, -0.15) is 0 Å². The van der Waals surface area contributed by atoms with E-state index in [9.17, 15) is 29.4 Å². The molecule has 1 aromatic heterocycles. The van der Waals surface area contributed by atoms with Crippen LogP contribution in [0.25, 0.3) is 0 Å². The number of carboxylic acids is 2. The van der Waals surface area contributed by atoms with Gasteiger partial charge in [0.1, 0.15) is 12.1 Å². The van der Waals surface area contributed by atoms with Gasteiger partial charge in [-0.3, -0.25) is 19.7 Å². The molecule has 0 saturated carbocycles. The zero-order valence-corrected chi connectivity index (χ0v) is 14.7. The first-order chi connectivity index (χ1) is 12.2. The Balaban J connectivity index is 2.03. The predicted octanol–water partition coefficient (Wildman–Crippen LogP) is 0.105. The van der Waals surface area contributed by atoms with Crippen LogP contribution in [0, 0.1) is 0 Å². The van der Waals surface area contributed by atoms with Crippen LogP contribution >= 0.6 is 0 Å². The number of amides is 1. The molecule has 3 N–H and O–H groups in total. The Morgan fingerprint density at radius 1 is 1.31 bits per heavy atom. The molecule has 1 fully saturated rings. The number of ketones is 1. The fourth-order valence-electron chi connectivity index (χ4n) is 3.17. The summed E-state index contributed by atoms with van der Waals surface area (Å²) >= 11 is 0. The Morgan fingerprint density at radius 2 is 2.00 bits per heavy atom. The van der Waals surface area contributed by atoms with Crippen molar-refractivity contribution < 1.29 is 29.4 Å². The molecule has 26 heavy (non-hydrogen) atoms. The number of nitrogens with zero attached hydrogens (tertiary/aromatic N) is 2. The van der Waals surface area contributed by atoms with Gasteiger partial charge in [-0.05, 0) is 31.9 Å². The van der Waals surface area contributed by atoms with E-state index < -0.39 is 36.0 Å². The van der Waals surface area contributed by atoms with Crippen LogP contribution in [-0.2, 0) is 21.4 Å². The average Bonchev–Trinajstić information content (AvgIpc) is 3.21. The number of hydrogen-bond acceptors (Lipinski definition) is 5. The second kappa shape index (κ2) is 8.13. The van der Waals surface area contributed by atoms with Crippen molar-refractivity contribution in [2.24, 2.45) is 7.05 Å². The summed E-state index contributed by atoms with van der Waals surface area (Å²) in [6.45, 7) is 1.80. The minimum absolute atomic E-state index is 0.312. The van der Waals surface area contributed by atoms with Crippen LogP contribution in [0.3, 0.4) is 0 Å². The van der Waals surface area contributed by atoms with Crippen LogP contribution in [0.5, 0.6) is 0 Å². The SMILES string of the molecule is C[C@H](NC(CC(=O)c1cccn1C)C(=O)O)C(=O)N1CCC[C@H]1C(=O)O. The van der Waals surface area contributed by atoms with E-state index in [1.54, 1.807) is 29.9 Å². The van der Waals surface area contributed by atoms with Gasteiger partial charge in [-0.1, -0.05) is 0 Å². The molecule has 9 heteroatoms. The molecule has 9 nitrogen and oxygen atoms in total. The van der Waals surface area contributed by atoms with E-state index >= 15 is 0 Å². The van der Waals surface area contributed by atoms with Gasteiger partial charge in [-0.15, -0.1) is 0 Å². The van der Waals surface area contributed by atoms with Gasteiger partial charge >= 0.3 is 11.9 Å². The molecular weight excluding hydrogens is 342 g/mol. The lowest BCUT2D eigenvalue weighted by atomic mass is 10.1. The number of aryl methyl sites for hydroxylation is 1. The molecule has 1 amide bonds. The minimum Gasteiger partial charge on any atom is -0.480 e. The summed E-state index contributed by atoms with van der Waals surface area (Å²) in [6.07, 6.45) is 2.33. The zero-order chi connectivity index (χ0) is 19.4. The molecule has 1 aliphatic heterocycles. The molecule has 0 bridgehead atoms. The summed E-state index contributed by atoms with van der Waals surface area (Å²) in [6, 6.07) is 0.221. The monoisotopic (exact) mass is 365 g/mol. The van der Waals surface area contributed by atoms with E-state index in [-0.39, 0.29) is 12.2 Å². The fourth-order valence-corrected chi connectivity index (χ4v) is 3.17. The Hall–Kier alpha value is -2.68. The van der Waals surface area contributed by atoms with Crippen molar-refractivity contribution in [1.29, 1.82) is 0 Å². The standard InChI is InChI=1S/C17H23N3O6/c1-10(15(22)20-8-4-6-13(20)17(25)26)18-11(16(23)24)9-14(21)12-5-3-7-19(12)2/h3,5,7,10-11,13,18H,4,6,8-9H2,1-2H3,(H,23,24)(H,25,26)/t10-,11?,13-/m0/s1. The quantitative estimate of drug-likeness (QED) is 0.557. The van der Waals surface area contributed by atoms with E-state index in [1.807, 2.05) is 0 Å². The van der Waals surface area contributed by atoms with E-state index in [2.05, 4.69) is 5.32 Å². The van der Waals surface area contributed by atoms with Crippen LogP contribution in [0.4, 0.5) is 0 Å². The van der Waals surface area contributed by atoms with Crippen molar-refractivity contribution in [3.63, 3.8) is 0 Å². The van der Waals surface area contributed by atoms with Crippen LogP contribution < -0.4 is 5.32 Å². The lowest BCUT2D eigenvalue weighted by Crippen LogP contribution is -2.53. The molecule has 1 aliphatic rings. The van der Waals surface area contributed by atoms with Crippen molar-refractivity contribution in [3.05, 3.63) is 24.0 Å². The van der Waals surface area contributed by atoms with Crippen LogP contribution in [0.1, 0.15) is 36.7 Å². The summed E-state index contributed by atoms with van der Waals surface area (Å²) in [7, 11) is 1.68. The molecular formula is C17H23N3O6. The molecule has 1 aromatic rings. The Bertz CT molecular complexity index is 713. The molecule has 0 spiro atoms. The number of carboxylic acid groups (broad SMARTS) is 2. The zero-order valence-electron chi connectivity index (χ0n) is 14.7. The molecule has 2 rings (SSSR count). The smallest absolute Gasteiger partial charge is 0.326 e. The largest absolute Gasteiger partial charge is 0.480 e. The number of Topliss-reactive ketones (excluding diaryl/α,β-unsaturated/α-hetero) is 1. The van der Waals surface area contributed by atoms with Crippen LogP contribution in [0.15, 0.2) is 18.3 Å². The molecule has 0 aliphatic carbocycles. The van der Waals surface area contributed by atoms with Crippen molar-refractivity contribution in [2.45, 2.75) is 44.3 Å². The van der Waals surface area contributed by atoms with Crippen LogP contribution in [-0.4, -0.2) is 68.0 Å². The van der Waals surface area contributed by atoms with Gasteiger partial charge in [0.25, 0.3) is 0 Å². The minimum atomic E-state index is -1.25. The molecule has 1 unspecified atom stereocenters. The number of hydrogen-bond donors (Lipinski definition) is 3. The fraction of sp³-hybridized carbons (Fsp3) is 0.529. The summed E-state index contributed by atoms with van der Waals surface area (Å²) in [5.74, 6) is -3.16. The van der Waals surface area contributed by atoms with Crippen molar-refractivity contribution >= 4 is 23.6 Å². The molecule has 0 aromatic carbocycles. The Kier molecular flexibility index (Phi) is 6.14. The molecule has 3 atom stereocenters. The van der Waals surface area contributed by atoms with E-state index in [0.29, 0.717) is 25.1 Å². The third-order valence-corrected chi connectivity index (χ3v) is 4.56. The summed E-state index contributed by atoms with van der Waals surface area (Å²) in [4.78, 5) is 48.8. The predicted molar refractivity (Wildman–Crippen MR) is 90.8 cm³/mol. The highest BCUT2D eigenvalue weighted by Crippen LogP contribution is 2.18. The normalized spacial score (nSPS) is 19.2. The average molecular weight is 365 g/mol. The highest BCUT2D eigenvalue weighted by molar-refractivity contribution is 5.97. The van der Waals surface area contributed by atoms with E-state index in [0.717, 1.165) is 0 Å². The number of carbonyl (C=O) groups excluding carboxylic acids is 2. The molecule has 2 heterocycles. The second-order valence-corrected chi connectivity index (χ2v) is 6.44. The van der Waals surface area contributed by atoms with Gasteiger partial charge in [0.15, 0.2) is 5.78 Å². The number of nitrogens with one attached hydrogen (secondary N) is 1. The van der Waals surface area contributed by atoms with Gasteiger partial charge in [0.2, 0.25) is 5.91 Å². The van der Waals surface area contributed by atoms with Gasteiger partial charge in [0, 0.05) is 26.2 Å². The molecule has 1 saturated heterocycles. The Labute approximate surface area is 150 Å². The topological polar surface area (TPSA) is 129 Å². The number of likely N-dealkylation sites (tertiary alicyclic amines) is 1. The molecule has 142 valence electrons. The number of carbonyl (C=O) groups is 4.